The van der Waals surface area contributed by atoms with Gasteiger partial charge in [0.25, 0.3) is 11.1 Å². The average Bonchev–Trinajstić information content (AvgIpc) is 2.89. The number of aromatic nitrogens is 4. The van der Waals surface area contributed by atoms with Crippen LogP contribution in [0.2, 0.25) is 0 Å². The topological polar surface area (TPSA) is 122 Å². The highest BCUT2D eigenvalue weighted by molar-refractivity contribution is 7.99. The van der Waals surface area contributed by atoms with E-state index in [0.29, 0.717) is 22.6 Å². The van der Waals surface area contributed by atoms with Gasteiger partial charge in [0.2, 0.25) is 0 Å². The summed E-state index contributed by atoms with van der Waals surface area (Å²) >= 11 is 1.08. The quantitative estimate of drug-likeness (QED) is 0.211. The maximum absolute atomic E-state index is 13.3. The molecule has 2 aromatic heterocycles. The molecule has 0 bridgehead atoms. The minimum Gasteiger partial charge on any atom is -0.384 e. The Morgan fingerprint density at radius 1 is 0.972 bits per heavy atom. The lowest BCUT2D eigenvalue weighted by molar-refractivity contribution is 0.102. The molecule has 36 heavy (non-hydrogen) atoms. The van der Waals surface area contributed by atoms with E-state index in [9.17, 15) is 19.2 Å². The minimum absolute atomic E-state index is 0.121. The zero-order valence-electron chi connectivity index (χ0n) is 20.1. The van der Waals surface area contributed by atoms with Crippen LogP contribution in [0.25, 0.3) is 10.9 Å². The molecule has 186 valence electrons. The van der Waals surface area contributed by atoms with Crippen LogP contribution in [-0.2, 0) is 20.1 Å². The fourth-order valence-corrected chi connectivity index (χ4v) is 4.84. The Bertz CT molecular complexity index is 1610. The van der Waals surface area contributed by atoms with Gasteiger partial charge in [-0.1, -0.05) is 67.6 Å². The van der Waals surface area contributed by atoms with E-state index in [0.717, 1.165) is 34.7 Å². The summed E-state index contributed by atoms with van der Waals surface area (Å²) in [6.45, 7) is 2.62. The van der Waals surface area contributed by atoms with Crippen LogP contribution < -0.4 is 22.5 Å². The number of carbonyl (C=O) groups is 1. The Kier molecular flexibility index (Phi) is 7.54. The Hall–Kier alpha value is -3.92. The molecule has 0 aliphatic heterocycles. The van der Waals surface area contributed by atoms with E-state index < -0.39 is 17.0 Å². The highest BCUT2D eigenvalue weighted by Crippen LogP contribution is 2.20. The number of benzene rings is 2. The molecule has 10 heteroatoms. The molecule has 2 N–H and O–H groups in total. The first kappa shape index (κ1) is 25.2. The fourth-order valence-electron chi connectivity index (χ4n) is 3.94. The van der Waals surface area contributed by atoms with E-state index in [1.807, 2.05) is 37.3 Å². The fraction of sp³-hybridized carbons (Fsp3) is 0.269. The zero-order chi connectivity index (χ0) is 25.8. The molecule has 0 fully saturated rings. The van der Waals surface area contributed by atoms with E-state index in [-0.39, 0.29) is 29.2 Å². The lowest BCUT2D eigenvalue weighted by Gasteiger charge is -2.15. The van der Waals surface area contributed by atoms with Gasteiger partial charge in [-0.25, -0.2) is 9.78 Å². The molecule has 0 unspecified atom stereocenters. The third-order valence-corrected chi connectivity index (χ3v) is 6.92. The van der Waals surface area contributed by atoms with Crippen LogP contribution in [-0.4, -0.2) is 30.2 Å². The largest absolute Gasteiger partial charge is 0.384 e. The van der Waals surface area contributed by atoms with Crippen molar-refractivity contribution in [3.8, 4) is 0 Å². The summed E-state index contributed by atoms with van der Waals surface area (Å²) in [5.74, 6) is -0.878. The predicted molar refractivity (Wildman–Crippen MR) is 142 cm³/mol. The van der Waals surface area contributed by atoms with E-state index in [1.54, 1.807) is 28.8 Å². The van der Waals surface area contributed by atoms with Crippen LogP contribution in [0.1, 0.15) is 35.7 Å². The summed E-state index contributed by atoms with van der Waals surface area (Å²) in [5.41, 5.74) is 5.79. The zero-order valence-corrected chi connectivity index (χ0v) is 21.0. The Morgan fingerprint density at radius 2 is 1.67 bits per heavy atom. The number of anilines is 1. The first-order valence-corrected chi connectivity index (χ1v) is 12.6. The summed E-state index contributed by atoms with van der Waals surface area (Å²) < 4.78 is 3.68. The first-order valence-electron chi connectivity index (χ1n) is 11.6. The van der Waals surface area contributed by atoms with Crippen molar-refractivity contribution in [3.05, 3.63) is 96.9 Å². The molecule has 0 aliphatic carbocycles. The SMILES string of the molecule is CCCCn1c(SCC(=O)c2c(N)n(Cc3ccccc3)c(=O)n(C)c2=O)nc2ccccc2c1=O. The lowest BCUT2D eigenvalue weighted by atomic mass is 10.2. The van der Waals surface area contributed by atoms with Crippen LogP contribution in [0, 0.1) is 0 Å². The van der Waals surface area contributed by atoms with Gasteiger partial charge in [0.1, 0.15) is 11.4 Å². The van der Waals surface area contributed by atoms with Crippen LogP contribution in [0.3, 0.4) is 0 Å². The van der Waals surface area contributed by atoms with Crippen molar-refractivity contribution < 1.29 is 4.79 Å². The maximum Gasteiger partial charge on any atom is 0.332 e. The lowest BCUT2D eigenvalue weighted by Crippen LogP contribution is -2.43. The van der Waals surface area contributed by atoms with Gasteiger partial charge in [-0.3, -0.25) is 28.1 Å². The van der Waals surface area contributed by atoms with Crippen molar-refractivity contribution >= 4 is 34.3 Å². The number of nitrogens with two attached hydrogens (primary N) is 1. The van der Waals surface area contributed by atoms with Crippen molar-refractivity contribution in [2.75, 3.05) is 11.5 Å². The van der Waals surface area contributed by atoms with E-state index in [2.05, 4.69) is 4.98 Å². The van der Waals surface area contributed by atoms with Gasteiger partial charge in [-0.15, -0.1) is 0 Å². The molecule has 2 aromatic carbocycles. The minimum atomic E-state index is -0.748. The van der Waals surface area contributed by atoms with Gasteiger partial charge in [0.05, 0.1) is 23.2 Å². The van der Waals surface area contributed by atoms with Crippen LogP contribution in [0.4, 0.5) is 5.82 Å². The molecule has 0 aliphatic rings. The molecule has 4 rings (SSSR count). The molecular formula is C26H27N5O4S. The molecule has 0 spiro atoms. The Morgan fingerprint density at radius 3 is 2.39 bits per heavy atom. The van der Waals surface area contributed by atoms with Gasteiger partial charge in [0, 0.05) is 13.6 Å². The smallest absolute Gasteiger partial charge is 0.332 e. The molecule has 2 heterocycles. The number of hydrogen-bond acceptors (Lipinski definition) is 7. The van der Waals surface area contributed by atoms with Gasteiger partial charge >= 0.3 is 5.69 Å². The van der Waals surface area contributed by atoms with Crippen molar-refractivity contribution in [2.24, 2.45) is 7.05 Å². The number of hydrogen-bond donors (Lipinski definition) is 1. The number of para-hydroxylation sites is 1. The molecule has 0 radical (unpaired) electrons. The number of fused-ring (bicyclic) bond motifs is 1. The first-order chi connectivity index (χ1) is 17.3. The summed E-state index contributed by atoms with van der Waals surface area (Å²) in [7, 11) is 1.32. The molecule has 0 atom stereocenters. The summed E-state index contributed by atoms with van der Waals surface area (Å²) in [4.78, 5) is 56.6. The number of thioether (sulfide) groups is 1. The second kappa shape index (κ2) is 10.8. The van der Waals surface area contributed by atoms with E-state index >= 15 is 0 Å². The molecule has 4 aromatic rings. The van der Waals surface area contributed by atoms with Crippen LogP contribution >= 0.6 is 11.8 Å². The number of ketones is 1. The van der Waals surface area contributed by atoms with Crippen LogP contribution in [0.15, 0.2) is 74.1 Å². The highest BCUT2D eigenvalue weighted by atomic mass is 32.2. The van der Waals surface area contributed by atoms with Crippen molar-refractivity contribution in [2.45, 2.75) is 38.0 Å². The molecule has 0 saturated heterocycles. The Labute approximate surface area is 211 Å². The monoisotopic (exact) mass is 505 g/mol. The predicted octanol–water partition coefficient (Wildman–Crippen LogP) is 2.66. The second-order valence-electron chi connectivity index (χ2n) is 8.41. The molecule has 0 saturated carbocycles. The number of nitrogens with zero attached hydrogens (tertiary/aromatic N) is 4. The number of unbranched alkanes of at least 4 members (excludes halogenated alkanes) is 1. The maximum atomic E-state index is 13.3. The van der Waals surface area contributed by atoms with Gasteiger partial charge in [0.15, 0.2) is 10.9 Å². The number of rotatable bonds is 9. The van der Waals surface area contributed by atoms with E-state index in [1.165, 1.54) is 11.6 Å². The average molecular weight is 506 g/mol. The second-order valence-corrected chi connectivity index (χ2v) is 9.35. The Balaban J connectivity index is 1.70. The van der Waals surface area contributed by atoms with Crippen LogP contribution in [0.5, 0.6) is 0 Å². The highest BCUT2D eigenvalue weighted by Gasteiger charge is 2.23. The third kappa shape index (κ3) is 4.90. The van der Waals surface area contributed by atoms with Crippen molar-refractivity contribution in [1.82, 2.24) is 18.7 Å². The summed E-state index contributed by atoms with van der Waals surface area (Å²) in [5, 5.41) is 0.906. The molecular weight excluding hydrogens is 478 g/mol. The number of nitrogen functional groups attached to an aromatic ring is 1. The van der Waals surface area contributed by atoms with Gasteiger partial charge in [-0.05, 0) is 24.1 Å². The normalized spacial score (nSPS) is 11.2. The summed E-state index contributed by atoms with van der Waals surface area (Å²) in [6.07, 6.45) is 1.66. The number of Topliss-reactive ketones (excluding diaryl/α,β-unsaturated/α-hetero) is 1. The van der Waals surface area contributed by atoms with Crippen molar-refractivity contribution in [1.29, 1.82) is 0 Å². The molecule has 0 amide bonds. The van der Waals surface area contributed by atoms with Gasteiger partial charge < -0.3 is 5.73 Å². The standard InChI is InChI=1S/C26H27N5O4S/c1-3-4-14-30-23(33)18-12-8-9-13-19(18)28-25(30)36-16-20(32)21-22(27)31(26(35)29(2)24(21)34)15-17-10-6-5-7-11-17/h5-13H,3-4,14-16,27H2,1-2H3. The third-order valence-electron chi connectivity index (χ3n) is 5.94. The number of carbonyl (C=O) groups excluding carboxylic acids is 1. The summed E-state index contributed by atoms with van der Waals surface area (Å²) in [6, 6.07) is 16.2. The van der Waals surface area contributed by atoms with Crippen molar-refractivity contribution in [3.63, 3.8) is 0 Å². The molecule has 9 nitrogen and oxygen atoms in total. The van der Waals surface area contributed by atoms with E-state index in [4.69, 9.17) is 5.73 Å². The van der Waals surface area contributed by atoms with Gasteiger partial charge in [-0.2, -0.15) is 0 Å².